The van der Waals surface area contributed by atoms with Gasteiger partial charge in [0.15, 0.2) is 17.5 Å². The van der Waals surface area contributed by atoms with Crippen molar-refractivity contribution in [3.05, 3.63) is 212 Å². The molecule has 0 N–H and O–H groups in total. The molecule has 0 fully saturated rings. The number of aromatic nitrogens is 5. The molecule has 6 heteroatoms. The number of thiophene rings is 1. The zero-order valence-electron chi connectivity index (χ0n) is 34.4. The van der Waals surface area contributed by atoms with Crippen molar-refractivity contribution in [3.63, 3.8) is 0 Å². The Kier molecular flexibility index (Phi) is 8.32. The van der Waals surface area contributed by atoms with Gasteiger partial charge in [-0.15, -0.1) is 11.3 Å². The number of benzene rings is 9. The van der Waals surface area contributed by atoms with Crippen LogP contribution in [0.25, 0.3) is 126 Å². The van der Waals surface area contributed by atoms with Crippen LogP contribution in [0, 0.1) is 0 Å². The molecule has 0 bridgehead atoms. The second-order valence-corrected chi connectivity index (χ2v) is 17.3. The van der Waals surface area contributed by atoms with E-state index in [9.17, 15) is 0 Å². The number of hydrogen-bond acceptors (Lipinski definition) is 5. The Morgan fingerprint density at radius 2 is 0.875 bits per heavy atom. The third-order valence-electron chi connectivity index (χ3n) is 12.4. The lowest BCUT2D eigenvalue weighted by atomic mass is 9.95. The Morgan fingerprint density at radius 1 is 0.312 bits per heavy atom. The van der Waals surface area contributed by atoms with Gasteiger partial charge in [-0.2, -0.15) is 0 Å². The molecule has 0 spiro atoms. The van der Waals surface area contributed by atoms with Crippen molar-refractivity contribution < 1.29 is 0 Å². The normalized spacial score (nSPS) is 11.8. The SMILES string of the molecule is c1ccc(-c2nc(-c3cccc(-c4ccc5sc6ccc7c(-c8ccccc8)nc8ccccc8c7c6c5c4)c3)nc(-c3ccc4c(c3)c3ccccc3n4-c3ccccc3)n2)cc1. The van der Waals surface area contributed by atoms with E-state index in [0.29, 0.717) is 17.5 Å². The van der Waals surface area contributed by atoms with E-state index in [1.807, 2.05) is 29.5 Å². The maximum absolute atomic E-state index is 5.23. The first-order chi connectivity index (χ1) is 31.7. The minimum absolute atomic E-state index is 0.623. The van der Waals surface area contributed by atoms with E-state index < -0.39 is 0 Å². The summed E-state index contributed by atoms with van der Waals surface area (Å²) in [5, 5.41) is 8.39. The van der Waals surface area contributed by atoms with Crippen LogP contribution in [0.1, 0.15) is 0 Å². The van der Waals surface area contributed by atoms with Crippen LogP contribution in [0.15, 0.2) is 212 Å². The van der Waals surface area contributed by atoms with Crippen molar-refractivity contribution in [1.82, 2.24) is 24.5 Å². The van der Waals surface area contributed by atoms with E-state index in [4.69, 9.17) is 19.9 Å². The zero-order valence-corrected chi connectivity index (χ0v) is 35.2. The lowest BCUT2D eigenvalue weighted by Crippen LogP contribution is -2.00. The highest BCUT2D eigenvalue weighted by atomic mass is 32.1. The number of fused-ring (bicyclic) bond motifs is 10. The highest BCUT2D eigenvalue weighted by Crippen LogP contribution is 2.45. The summed E-state index contributed by atoms with van der Waals surface area (Å²) in [6, 6.07) is 75.0. The first-order valence-corrected chi connectivity index (χ1v) is 22.3. The van der Waals surface area contributed by atoms with E-state index in [0.717, 1.165) is 77.5 Å². The number of nitrogens with zero attached hydrogens (tertiary/aromatic N) is 5. The summed E-state index contributed by atoms with van der Waals surface area (Å²) in [5.74, 6) is 1.88. The third-order valence-corrected chi connectivity index (χ3v) is 13.5. The molecular weight excluding hydrogens is 799 g/mol. The highest BCUT2D eigenvalue weighted by Gasteiger charge is 2.19. The largest absolute Gasteiger partial charge is 0.309 e. The molecule has 298 valence electrons. The predicted octanol–water partition coefficient (Wildman–Crippen LogP) is 15.4. The van der Waals surface area contributed by atoms with E-state index in [-0.39, 0.29) is 0 Å². The fourth-order valence-corrected chi connectivity index (χ4v) is 10.6. The van der Waals surface area contributed by atoms with Crippen molar-refractivity contribution >= 4 is 75.0 Å². The fourth-order valence-electron chi connectivity index (χ4n) is 9.46. The van der Waals surface area contributed by atoms with Crippen LogP contribution in [0.3, 0.4) is 0 Å². The van der Waals surface area contributed by atoms with E-state index in [1.165, 1.54) is 30.9 Å². The molecule has 0 saturated carbocycles. The highest BCUT2D eigenvalue weighted by molar-refractivity contribution is 7.26. The molecule has 0 aliphatic rings. The van der Waals surface area contributed by atoms with Crippen molar-refractivity contribution in [2.24, 2.45) is 0 Å². The van der Waals surface area contributed by atoms with E-state index in [1.54, 1.807) is 0 Å². The molecule has 0 aliphatic carbocycles. The van der Waals surface area contributed by atoms with E-state index in [2.05, 4.69) is 199 Å². The molecule has 4 heterocycles. The predicted molar refractivity (Wildman–Crippen MR) is 267 cm³/mol. The molecule has 13 aromatic rings. The first-order valence-electron chi connectivity index (χ1n) is 21.5. The Morgan fingerprint density at radius 3 is 1.67 bits per heavy atom. The molecule has 5 nitrogen and oxygen atoms in total. The summed E-state index contributed by atoms with van der Waals surface area (Å²) < 4.78 is 4.84. The molecular formula is C58H35N5S. The van der Waals surface area contributed by atoms with Crippen molar-refractivity contribution in [2.45, 2.75) is 0 Å². The molecule has 13 rings (SSSR count). The topological polar surface area (TPSA) is 56.5 Å². The maximum atomic E-state index is 5.23. The Labute approximate surface area is 372 Å². The lowest BCUT2D eigenvalue weighted by molar-refractivity contribution is 1.07. The van der Waals surface area contributed by atoms with Crippen molar-refractivity contribution in [2.75, 3.05) is 0 Å². The minimum Gasteiger partial charge on any atom is -0.309 e. The van der Waals surface area contributed by atoms with Crippen LogP contribution >= 0.6 is 11.3 Å². The molecule has 0 aliphatic heterocycles. The fraction of sp³-hybridized carbons (Fsp3) is 0. The maximum Gasteiger partial charge on any atom is 0.164 e. The van der Waals surface area contributed by atoms with Crippen LogP contribution in [-0.2, 0) is 0 Å². The van der Waals surface area contributed by atoms with Gasteiger partial charge in [-0.05, 0) is 77.9 Å². The van der Waals surface area contributed by atoms with Crippen molar-refractivity contribution in [3.8, 4) is 62.2 Å². The van der Waals surface area contributed by atoms with Crippen LogP contribution in [-0.4, -0.2) is 24.5 Å². The summed E-state index contributed by atoms with van der Waals surface area (Å²) in [4.78, 5) is 20.7. The molecule has 0 radical (unpaired) electrons. The van der Waals surface area contributed by atoms with Gasteiger partial charge in [0.25, 0.3) is 0 Å². The Balaban J connectivity index is 0.967. The lowest BCUT2D eigenvalue weighted by Gasteiger charge is -2.12. The van der Waals surface area contributed by atoms with Gasteiger partial charge in [-0.25, -0.2) is 19.9 Å². The standard InChI is InChI=1S/C58H35N5S/c1-4-15-36(16-5-1)55-45-29-32-52-54(53(45)44-24-10-12-25-48(44)59-55)47-34-39(28-31-51(47)64-52)38-19-14-20-40(33-38)57-60-56(37-17-6-2-7-18-37)61-58(62-57)41-27-30-50-46(35-41)43-23-11-13-26-49(43)63(50)42-21-8-3-9-22-42/h1-35H. The number of para-hydroxylation sites is 3. The van der Waals surface area contributed by atoms with Gasteiger partial charge in [0.05, 0.1) is 22.2 Å². The van der Waals surface area contributed by atoms with Gasteiger partial charge < -0.3 is 4.57 Å². The summed E-state index contributed by atoms with van der Waals surface area (Å²) >= 11 is 1.84. The smallest absolute Gasteiger partial charge is 0.164 e. The monoisotopic (exact) mass is 833 g/mol. The summed E-state index contributed by atoms with van der Waals surface area (Å²) in [7, 11) is 0. The number of hydrogen-bond donors (Lipinski definition) is 0. The van der Waals surface area contributed by atoms with Gasteiger partial charge in [0.2, 0.25) is 0 Å². The number of rotatable bonds is 6. The zero-order chi connectivity index (χ0) is 42.1. The van der Waals surface area contributed by atoms with Gasteiger partial charge in [0.1, 0.15) is 0 Å². The quantitative estimate of drug-likeness (QED) is 0.157. The van der Waals surface area contributed by atoms with Crippen molar-refractivity contribution in [1.29, 1.82) is 0 Å². The van der Waals surface area contributed by atoms with Crippen LogP contribution in [0.2, 0.25) is 0 Å². The number of pyridine rings is 1. The van der Waals surface area contributed by atoms with Crippen LogP contribution in [0.5, 0.6) is 0 Å². The second kappa shape index (κ2) is 14.7. The summed E-state index contributed by atoms with van der Waals surface area (Å²) in [6.07, 6.45) is 0. The molecule has 0 unspecified atom stereocenters. The molecule has 64 heavy (non-hydrogen) atoms. The Hall–Kier alpha value is -8.32. The molecule has 0 atom stereocenters. The average Bonchev–Trinajstić information content (AvgIpc) is 3.92. The van der Waals surface area contributed by atoms with Crippen LogP contribution in [0.4, 0.5) is 0 Å². The molecule has 0 amide bonds. The minimum atomic E-state index is 0.623. The average molecular weight is 834 g/mol. The van der Waals surface area contributed by atoms with E-state index >= 15 is 0 Å². The van der Waals surface area contributed by atoms with Gasteiger partial charge in [-0.1, -0.05) is 146 Å². The molecule has 4 aromatic heterocycles. The van der Waals surface area contributed by atoms with Gasteiger partial charge in [0, 0.05) is 75.0 Å². The third kappa shape index (κ3) is 5.92. The summed E-state index contributed by atoms with van der Waals surface area (Å²) in [6.45, 7) is 0. The van der Waals surface area contributed by atoms with Gasteiger partial charge >= 0.3 is 0 Å². The molecule has 9 aromatic carbocycles. The first kappa shape index (κ1) is 36.3. The van der Waals surface area contributed by atoms with Crippen LogP contribution < -0.4 is 0 Å². The molecule has 0 saturated heterocycles. The van der Waals surface area contributed by atoms with Gasteiger partial charge in [-0.3, -0.25) is 0 Å². The summed E-state index contributed by atoms with van der Waals surface area (Å²) in [5.41, 5.74) is 11.5. The second-order valence-electron chi connectivity index (χ2n) is 16.2. The Bertz CT molecular complexity index is 3950.